The summed E-state index contributed by atoms with van der Waals surface area (Å²) < 4.78 is 5.18. The van der Waals surface area contributed by atoms with Crippen molar-refractivity contribution in [1.82, 2.24) is 0 Å². The van der Waals surface area contributed by atoms with Crippen LogP contribution in [0.4, 0.5) is 0 Å². The lowest BCUT2D eigenvalue weighted by Crippen LogP contribution is -2.14. The Labute approximate surface area is 103 Å². The highest BCUT2D eigenvalue weighted by Crippen LogP contribution is 2.46. The summed E-state index contributed by atoms with van der Waals surface area (Å²) in [6.45, 7) is 8.60. The van der Waals surface area contributed by atoms with Crippen LogP contribution >= 0.6 is 0 Å². The Morgan fingerprint density at radius 1 is 1.47 bits per heavy atom. The summed E-state index contributed by atoms with van der Waals surface area (Å²) in [5.41, 5.74) is 4.22. The Balaban J connectivity index is 2.29. The van der Waals surface area contributed by atoms with Crippen LogP contribution in [0.5, 0.6) is 0 Å². The number of aryl methyl sites for hydroxylation is 1. The zero-order valence-corrected chi connectivity index (χ0v) is 11.0. The Hall–Kier alpha value is -1.31. The number of hydrogen-bond donors (Lipinski definition) is 0. The summed E-state index contributed by atoms with van der Waals surface area (Å²) in [5.74, 6) is 0.160. The second-order valence-electron chi connectivity index (χ2n) is 5.68. The Bertz CT molecular complexity index is 446. The zero-order chi connectivity index (χ0) is 12.6. The first kappa shape index (κ1) is 12.2. The first-order chi connectivity index (χ1) is 7.90. The molecular weight excluding hydrogens is 212 g/mol. The monoisotopic (exact) mass is 232 g/mol. The maximum absolute atomic E-state index is 10.9. The Kier molecular flexibility index (Phi) is 2.98. The van der Waals surface area contributed by atoms with E-state index >= 15 is 0 Å². The van der Waals surface area contributed by atoms with Crippen molar-refractivity contribution in [2.75, 3.05) is 6.61 Å². The van der Waals surface area contributed by atoms with E-state index in [2.05, 4.69) is 39.0 Å². The van der Waals surface area contributed by atoms with Gasteiger partial charge in [-0.2, -0.15) is 0 Å². The summed E-state index contributed by atoms with van der Waals surface area (Å²) in [7, 11) is 0. The van der Waals surface area contributed by atoms with Crippen molar-refractivity contribution in [3.05, 3.63) is 34.9 Å². The van der Waals surface area contributed by atoms with Gasteiger partial charge in [0.25, 0.3) is 0 Å². The maximum Gasteiger partial charge on any atom is 0.302 e. The molecule has 1 aromatic rings. The first-order valence-corrected chi connectivity index (χ1v) is 6.14. The molecule has 0 heterocycles. The fourth-order valence-corrected chi connectivity index (χ4v) is 2.84. The normalized spacial score (nSPS) is 21.1. The van der Waals surface area contributed by atoms with Gasteiger partial charge in [0.05, 0.1) is 6.61 Å². The minimum atomic E-state index is -0.191. The van der Waals surface area contributed by atoms with Crippen molar-refractivity contribution >= 4 is 5.97 Å². The number of carbonyl (C=O) groups excluding carboxylic acids is 1. The third-order valence-electron chi connectivity index (χ3n) is 3.62. The highest BCUT2D eigenvalue weighted by Gasteiger charge is 2.37. The molecule has 0 radical (unpaired) electrons. The van der Waals surface area contributed by atoms with Crippen LogP contribution in [-0.2, 0) is 14.9 Å². The van der Waals surface area contributed by atoms with Crippen LogP contribution in [0.2, 0.25) is 0 Å². The van der Waals surface area contributed by atoms with E-state index in [1.54, 1.807) is 0 Å². The molecule has 0 aromatic heterocycles. The number of fused-ring (bicyclic) bond motifs is 1. The summed E-state index contributed by atoms with van der Waals surface area (Å²) in [5, 5.41) is 0. The number of esters is 1. The zero-order valence-electron chi connectivity index (χ0n) is 11.0. The summed E-state index contributed by atoms with van der Waals surface area (Å²) in [4.78, 5) is 10.9. The molecule has 0 amide bonds. The molecule has 0 aliphatic heterocycles. The molecule has 1 atom stereocenters. The topological polar surface area (TPSA) is 26.3 Å². The van der Waals surface area contributed by atoms with Crippen LogP contribution in [0, 0.1) is 6.92 Å². The Morgan fingerprint density at radius 3 is 2.82 bits per heavy atom. The minimum Gasteiger partial charge on any atom is -0.465 e. The van der Waals surface area contributed by atoms with Crippen molar-refractivity contribution in [2.45, 2.75) is 45.4 Å². The molecule has 1 aliphatic carbocycles. The lowest BCUT2D eigenvalue weighted by Gasteiger charge is -2.19. The van der Waals surface area contributed by atoms with Gasteiger partial charge >= 0.3 is 5.97 Å². The predicted molar refractivity (Wildman–Crippen MR) is 68.2 cm³/mol. The van der Waals surface area contributed by atoms with Crippen molar-refractivity contribution < 1.29 is 9.53 Å². The van der Waals surface area contributed by atoms with E-state index in [1.165, 1.54) is 23.6 Å². The van der Waals surface area contributed by atoms with Crippen LogP contribution in [0.3, 0.4) is 0 Å². The number of ether oxygens (including phenoxy) is 1. The van der Waals surface area contributed by atoms with Gasteiger partial charge in [-0.05, 0) is 29.9 Å². The van der Waals surface area contributed by atoms with Gasteiger partial charge in [0.2, 0.25) is 0 Å². The minimum absolute atomic E-state index is 0.188. The van der Waals surface area contributed by atoms with Crippen molar-refractivity contribution in [3.63, 3.8) is 0 Å². The number of rotatable bonds is 2. The average molecular weight is 232 g/mol. The third kappa shape index (κ3) is 2.36. The number of carbonyl (C=O) groups is 1. The van der Waals surface area contributed by atoms with Crippen LogP contribution < -0.4 is 0 Å². The molecule has 92 valence electrons. The van der Waals surface area contributed by atoms with Gasteiger partial charge in [-0.1, -0.05) is 37.6 Å². The van der Waals surface area contributed by atoms with Crippen LogP contribution in [0.25, 0.3) is 0 Å². The smallest absolute Gasteiger partial charge is 0.302 e. The first-order valence-electron chi connectivity index (χ1n) is 6.14. The quantitative estimate of drug-likeness (QED) is 0.731. The molecule has 2 heteroatoms. The molecule has 1 aliphatic rings. The molecular formula is C15H20O2. The third-order valence-corrected chi connectivity index (χ3v) is 3.62. The summed E-state index contributed by atoms with van der Waals surface area (Å²) in [6, 6.07) is 6.62. The second-order valence-corrected chi connectivity index (χ2v) is 5.68. The lowest BCUT2D eigenvalue weighted by atomic mass is 9.86. The van der Waals surface area contributed by atoms with E-state index in [1.807, 2.05) is 0 Å². The molecule has 0 fully saturated rings. The fraction of sp³-hybridized carbons (Fsp3) is 0.533. The van der Waals surface area contributed by atoms with Gasteiger partial charge in [-0.15, -0.1) is 0 Å². The maximum atomic E-state index is 10.9. The van der Waals surface area contributed by atoms with Gasteiger partial charge in [-0.3, -0.25) is 4.79 Å². The fourth-order valence-electron chi connectivity index (χ4n) is 2.84. The van der Waals surface area contributed by atoms with Crippen molar-refractivity contribution in [2.24, 2.45) is 0 Å². The van der Waals surface area contributed by atoms with E-state index < -0.39 is 0 Å². The van der Waals surface area contributed by atoms with Gasteiger partial charge in [0, 0.05) is 12.8 Å². The SMILES string of the molecule is CC(=O)OC[C@H]1CC(C)(C)c2ccc(C)cc21. The molecule has 17 heavy (non-hydrogen) atoms. The lowest BCUT2D eigenvalue weighted by molar-refractivity contribution is -0.141. The van der Waals surface area contributed by atoms with Gasteiger partial charge in [0.15, 0.2) is 0 Å². The highest BCUT2D eigenvalue weighted by atomic mass is 16.5. The summed E-state index contributed by atoms with van der Waals surface area (Å²) >= 11 is 0. The molecule has 1 aromatic carbocycles. The Morgan fingerprint density at radius 2 is 2.18 bits per heavy atom. The van der Waals surface area contributed by atoms with E-state index in [0.29, 0.717) is 12.5 Å². The van der Waals surface area contributed by atoms with E-state index in [0.717, 1.165) is 6.42 Å². The molecule has 0 bridgehead atoms. The van der Waals surface area contributed by atoms with Gasteiger partial charge in [-0.25, -0.2) is 0 Å². The van der Waals surface area contributed by atoms with Crippen molar-refractivity contribution in [1.29, 1.82) is 0 Å². The highest BCUT2D eigenvalue weighted by molar-refractivity contribution is 5.66. The van der Waals surface area contributed by atoms with Crippen LogP contribution in [-0.4, -0.2) is 12.6 Å². The molecule has 0 unspecified atom stereocenters. The molecule has 0 saturated carbocycles. The molecule has 2 rings (SSSR count). The standard InChI is InChI=1S/C15H20O2/c1-10-5-6-14-13(7-10)12(8-15(14,3)4)9-17-11(2)16/h5-7,12H,8-9H2,1-4H3/t12-/m1/s1. The van der Waals surface area contributed by atoms with E-state index in [-0.39, 0.29) is 11.4 Å². The molecule has 0 saturated heterocycles. The summed E-state index contributed by atoms with van der Waals surface area (Å²) in [6.07, 6.45) is 1.05. The average Bonchev–Trinajstić information content (AvgIpc) is 2.47. The van der Waals surface area contributed by atoms with Crippen LogP contribution in [0.15, 0.2) is 18.2 Å². The van der Waals surface area contributed by atoms with Gasteiger partial charge < -0.3 is 4.74 Å². The second kappa shape index (κ2) is 4.17. The van der Waals surface area contributed by atoms with Gasteiger partial charge in [0.1, 0.15) is 0 Å². The molecule has 0 spiro atoms. The van der Waals surface area contributed by atoms with Crippen molar-refractivity contribution in [3.8, 4) is 0 Å². The largest absolute Gasteiger partial charge is 0.465 e. The van der Waals surface area contributed by atoms with E-state index in [4.69, 9.17) is 4.74 Å². The molecule has 0 N–H and O–H groups in total. The van der Waals surface area contributed by atoms with Crippen LogP contribution in [0.1, 0.15) is 49.8 Å². The number of benzene rings is 1. The predicted octanol–water partition coefficient (Wildman–Crippen LogP) is 3.32. The van der Waals surface area contributed by atoms with E-state index in [9.17, 15) is 4.79 Å². The molecule has 2 nitrogen and oxygen atoms in total. The number of hydrogen-bond acceptors (Lipinski definition) is 2.